The van der Waals surface area contributed by atoms with Gasteiger partial charge in [0.25, 0.3) is 0 Å². The van der Waals surface area contributed by atoms with Crippen LogP contribution < -0.4 is 14.2 Å². The molecule has 0 fully saturated rings. The molecule has 0 saturated carbocycles. The third-order valence-corrected chi connectivity index (χ3v) is 5.71. The van der Waals surface area contributed by atoms with E-state index in [0.29, 0.717) is 34.9 Å². The van der Waals surface area contributed by atoms with E-state index in [0.717, 1.165) is 33.0 Å². The molecule has 9 nitrogen and oxygen atoms in total. The molecule has 9 heteroatoms. The molecule has 3 aromatic heterocycles. The fraction of sp³-hybridized carbons (Fsp3) is 0.360. The molecular weight excluding hydrogens is 434 g/mol. The lowest BCUT2D eigenvalue weighted by atomic mass is 10.0. The van der Waals surface area contributed by atoms with Crippen molar-refractivity contribution in [1.82, 2.24) is 19.6 Å². The van der Waals surface area contributed by atoms with Crippen LogP contribution in [0.5, 0.6) is 11.5 Å². The molecule has 1 N–H and O–H groups in total. The Bertz CT molecular complexity index is 1320. The minimum absolute atomic E-state index is 0.141. The highest BCUT2D eigenvalue weighted by atomic mass is 16.5. The summed E-state index contributed by atoms with van der Waals surface area (Å²) in [6.45, 7) is 7.74. The number of aryl methyl sites for hydroxylation is 1. The van der Waals surface area contributed by atoms with Crippen molar-refractivity contribution in [1.29, 1.82) is 0 Å². The Hall–Kier alpha value is -3.72. The minimum Gasteiger partial charge on any atom is -0.619 e. The molecule has 4 rings (SSSR count). The average Bonchev–Trinajstić information content (AvgIpc) is 3.15. The number of fused-ring (bicyclic) bond motifs is 1. The van der Waals surface area contributed by atoms with E-state index in [1.807, 2.05) is 29.6 Å². The van der Waals surface area contributed by atoms with Gasteiger partial charge in [-0.2, -0.15) is 4.73 Å². The standard InChI is InChI=1S/C25H29N5O4/c1-14(2)25-26-15(3)23-19(27-24(28-30(23)25)18-8-7-9-29(32)13-18)10-17-11-20(33-5)22(16(4)31)21(12-17)34-6/h7-9,11-14,16,31H,10H2,1-6H3. The van der Waals surface area contributed by atoms with Crippen LogP contribution in [0, 0.1) is 12.1 Å². The first kappa shape index (κ1) is 23.4. The second-order valence-electron chi connectivity index (χ2n) is 8.57. The van der Waals surface area contributed by atoms with E-state index >= 15 is 0 Å². The SMILES string of the molecule is COc1cc(Cc2nc(-c3ccc[n+]([O-])c3)nn3c(C(C)C)nc(C)c23)cc(OC)c1C(C)O. The average molecular weight is 464 g/mol. The number of nitrogens with zero attached hydrogens (tertiary/aromatic N) is 5. The zero-order valence-electron chi connectivity index (χ0n) is 20.2. The highest BCUT2D eigenvalue weighted by Gasteiger charge is 2.22. The van der Waals surface area contributed by atoms with E-state index in [-0.39, 0.29) is 5.92 Å². The van der Waals surface area contributed by atoms with E-state index in [1.165, 1.54) is 12.4 Å². The van der Waals surface area contributed by atoms with E-state index < -0.39 is 6.10 Å². The smallest absolute Gasteiger partial charge is 0.191 e. The van der Waals surface area contributed by atoms with Gasteiger partial charge in [-0.05, 0) is 37.6 Å². The van der Waals surface area contributed by atoms with Gasteiger partial charge in [-0.25, -0.2) is 14.5 Å². The molecule has 0 saturated heterocycles. The number of ether oxygens (including phenoxy) is 2. The van der Waals surface area contributed by atoms with Crippen LogP contribution in [0.2, 0.25) is 0 Å². The Balaban J connectivity index is 1.93. The number of benzene rings is 1. The van der Waals surface area contributed by atoms with E-state index in [9.17, 15) is 10.3 Å². The van der Waals surface area contributed by atoms with Crippen LogP contribution in [-0.4, -0.2) is 38.9 Å². The maximum Gasteiger partial charge on any atom is 0.191 e. The normalized spacial score (nSPS) is 12.4. The lowest BCUT2D eigenvalue weighted by Crippen LogP contribution is -2.24. The summed E-state index contributed by atoms with van der Waals surface area (Å²) in [4.78, 5) is 9.61. The highest BCUT2D eigenvalue weighted by molar-refractivity contribution is 5.62. The molecule has 1 aromatic carbocycles. The van der Waals surface area contributed by atoms with Crippen molar-refractivity contribution in [3.63, 3.8) is 0 Å². The third kappa shape index (κ3) is 4.26. The summed E-state index contributed by atoms with van der Waals surface area (Å²) in [7, 11) is 3.13. The van der Waals surface area contributed by atoms with Crippen LogP contribution in [0.1, 0.15) is 61.1 Å². The number of imidazole rings is 1. The Labute approximate surface area is 198 Å². The molecule has 1 unspecified atom stereocenters. The molecule has 0 aliphatic heterocycles. The topological polar surface area (TPSA) is 109 Å². The summed E-state index contributed by atoms with van der Waals surface area (Å²) in [6.07, 6.45) is 2.57. The Morgan fingerprint density at radius 1 is 1.12 bits per heavy atom. The lowest BCUT2D eigenvalue weighted by Gasteiger charge is -2.17. The van der Waals surface area contributed by atoms with Gasteiger partial charge < -0.3 is 19.8 Å². The third-order valence-electron chi connectivity index (χ3n) is 5.71. The van der Waals surface area contributed by atoms with Crippen LogP contribution in [-0.2, 0) is 6.42 Å². The first-order valence-corrected chi connectivity index (χ1v) is 11.1. The molecule has 0 spiro atoms. The molecule has 0 aliphatic carbocycles. The Morgan fingerprint density at radius 3 is 2.35 bits per heavy atom. The number of aliphatic hydroxyl groups excluding tert-OH is 1. The van der Waals surface area contributed by atoms with Gasteiger partial charge in [0.1, 0.15) is 22.8 Å². The van der Waals surface area contributed by atoms with Gasteiger partial charge in [-0.1, -0.05) is 13.8 Å². The minimum atomic E-state index is -0.751. The van der Waals surface area contributed by atoms with Gasteiger partial charge in [-0.15, -0.1) is 5.10 Å². The number of hydrogen-bond acceptors (Lipinski definition) is 7. The second-order valence-corrected chi connectivity index (χ2v) is 8.57. The van der Waals surface area contributed by atoms with Crippen LogP contribution in [0.25, 0.3) is 16.9 Å². The lowest BCUT2D eigenvalue weighted by molar-refractivity contribution is -0.604. The van der Waals surface area contributed by atoms with Crippen LogP contribution >= 0.6 is 0 Å². The second kappa shape index (κ2) is 9.26. The number of aliphatic hydroxyl groups is 1. The van der Waals surface area contributed by atoms with Crippen LogP contribution in [0.15, 0.2) is 36.7 Å². The fourth-order valence-corrected chi connectivity index (χ4v) is 4.18. The molecule has 0 aliphatic rings. The molecular formula is C25H29N5O4. The van der Waals surface area contributed by atoms with E-state index in [1.54, 1.807) is 27.2 Å². The van der Waals surface area contributed by atoms with Crippen molar-refractivity contribution in [2.45, 2.75) is 46.1 Å². The van der Waals surface area contributed by atoms with E-state index in [2.05, 4.69) is 13.8 Å². The largest absolute Gasteiger partial charge is 0.619 e. The summed E-state index contributed by atoms with van der Waals surface area (Å²) in [5.41, 5.74) is 4.52. The number of hydrogen-bond donors (Lipinski definition) is 1. The van der Waals surface area contributed by atoms with Crippen molar-refractivity contribution in [3.05, 3.63) is 70.2 Å². The van der Waals surface area contributed by atoms with Crippen molar-refractivity contribution in [3.8, 4) is 22.9 Å². The van der Waals surface area contributed by atoms with Crippen LogP contribution in [0.4, 0.5) is 0 Å². The van der Waals surface area contributed by atoms with Crippen molar-refractivity contribution in [2.24, 2.45) is 0 Å². The maximum absolute atomic E-state index is 11.9. The Kier molecular flexibility index (Phi) is 6.39. The number of methoxy groups -OCH3 is 2. The monoisotopic (exact) mass is 463 g/mol. The number of pyridine rings is 1. The first-order chi connectivity index (χ1) is 16.2. The maximum atomic E-state index is 11.9. The van der Waals surface area contributed by atoms with Gasteiger partial charge in [0, 0.05) is 18.4 Å². The molecule has 4 aromatic rings. The summed E-state index contributed by atoms with van der Waals surface area (Å²) in [6, 6.07) is 7.24. The predicted molar refractivity (Wildman–Crippen MR) is 127 cm³/mol. The quantitative estimate of drug-likeness (QED) is 0.330. The molecule has 0 bridgehead atoms. The van der Waals surface area contributed by atoms with Crippen LogP contribution in [0.3, 0.4) is 0 Å². The molecule has 1 atom stereocenters. The Morgan fingerprint density at radius 2 is 1.79 bits per heavy atom. The van der Waals surface area contributed by atoms with Gasteiger partial charge >= 0.3 is 0 Å². The number of rotatable bonds is 7. The van der Waals surface area contributed by atoms with Gasteiger partial charge in [0.2, 0.25) is 0 Å². The van der Waals surface area contributed by atoms with Gasteiger partial charge in [-0.3, -0.25) is 0 Å². The first-order valence-electron chi connectivity index (χ1n) is 11.1. The van der Waals surface area contributed by atoms with Crippen molar-refractivity contribution < 1.29 is 19.3 Å². The zero-order valence-corrected chi connectivity index (χ0v) is 20.2. The molecule has 34 heavy (non-hydrogen) atoms. The van der Waals surface area contributed by atoms with Crippen molar-refractivity contribution >= 4 is 5.52 Å². The fourth-order valence-electron chi connectivity index (χ4n) is 4.18. The summed E-state index contributed by atoms with van der Waals surface area (Å²) < 4.78 is 13.7. The molecule has 0 radical (unpaired) electrons. The van der Waals surface area contributed by atoms with Gasteiger partial charge in [0.15, 0.2) is 18.2 Å². The summed E-state index contributed by atoms with van der Waals surface area (Å²) >= 11 is 0. The van der Waals surface area contributed by atoms with E-state index in [4.69, 9.17) is 24.5 Å². The summed E-state index contributed by atoms with van der Waals surface area (Å²) in [5.74, 6) is 2.48. The molecule has 178 valence electrons. The number of aromatic nitrogens is 5. The van der Waals surface area contributed by atoms with Crippen molar-refractivity contribution in [2.75, 3.05) is 14.2 Å². The molecule has 0 amide bonds. The van der Waals surface area contributed by atoms with Gasteiger partial charge in [0.05, 0.1) is 42.8 Å². The zero-order chi connectivity index (χ0) is 24.6. The predicted octanol–water partition coefficient (Wildman–Crippen LogP) is 3.52. The highest BCUT2D eigenvalue weighted by Crippen LogP contribution is 2.36. The summed E-state index contributed by atoms with van der Waals surface area (Å²) in [5, 5.41) is 26.9. The molecule has 3 heterocycles.